The number of hydrogen-bond acceptors (Lipinski definition) is 5. The molecule has 0 amide bonds. The van der Waals surface area contributed by atoms with Crippen molar-refractivity contribution in [2.24, 2.45) is 4.99 Å². The maximum Gasteiger partial charge on any atom is 0.269 e. The van der Waals surface area contributed by atoms with Crippen molar-refractivity contribution in [1.82, 2.24) is 19.9 Å². The van der Waals surface area contributed by atoms with Crippen LogP contribution >= 0.6 is 0 Å². The van der Waals surface area contributed by atoms with E-state index in [-0.39, 0.29) is 27.3 Å². The van der Waals surface area contributed by atoms with Crippen LogP contribution in [0.4, 0.5) is 11.4 Å². The van der Waals surface area contributed by atoms with Crippen LogP contribution in [0.25, 0.3) is 68.6 Å². The summed E-state index contributed by atoms with van der Waals surface area (Å²) in [6.07, 6.45) is 10.1. The molecule has 8 heteroatoms. The number of rotatable bonds is 5. The van der Waals surface area contributed by atoms with Gasteiger partial charge in [-0.25, -0.2) is 9.97 Å². The number of aliphatic imine (C=N–C) groups is 1. The molecule has 3 aromatic carbocycles. The highest BCUT2D eigenvalue weighted by Gasteiger charge is 2.25. The summed E-state index contributed by atoms with van der Waals surface area (Å²) in [5.74, 6) is 0. The topological polar surface area (TPSA) is 113 Å². The molecule has 3 aromatic heterocycles. The van der Waals surface area contributed by atoms with E-state index in [1.165, 1.54) is 34.4 Å². The smallest absolute Gasteiger partial charge is 0.269 e. The third-order valence-electron chi connectivity index (χ3n) is 11.9. The molecule has 0 saturated carbocycles. The van der Waals surface area contributed by atoms with Crippen LogP contribution in [0.5, 0.6) is 0 Å². The van der Waals surface area contributed by atoms with Gasteiger partial charge in [0, 0.05) is 57.1 Å². The van der Waals surface area contributed by atoms with Gasteiger partial charge in [0.25, 0.3) is 5.69 Å². The molecule has 0 saturated heterocycles. The van der Waals surface area contributed by atoms with E-state index in [1.54, 1.807) is 12.1 Å². The van der Waals surface area contributed by atoms with Gasteiger partial charge in [-0.2, -0.15) is 0 Å². The molecule has 0 unspecified atom stereocenters. The average molecular weight is 835 g/mol. The third-order valence-corrected chi connectivity index (χ3v) is 11.9. The molecule has 6 aromatic rings. The highest BCUT2D eigenvalue weighted by molar-refractivity contribution is 6.00. The van der Waals surface area contributed by atoms with Gasteiger partial charge < -0.3 is 9.97 Å². The lowest BCUT2D eigenvalue weighted by molar-refractivity contribution is -0.384. The molecule has 2 aliphatic heterocycles. The minimum absolute atomic E-state index is 0.0125. The summed E-state index contributed by atoms with van der Waals surface area (Å²) in [7, 11) is 0. The quantitative estimate of drug-likeness (QED) is 0.102. The summed E-state index contributed by atoms with van der Waals surface area (Å²) in [5, 5.41) is 11.5. The van der Waals surface area contributed by atoms with Crippen LogP contribution in [0.1, 0.15) is 134 Å². The summed E-state index contributed by atoms with van der Waals surface area (Å²) in [5.41, 5.74) is 17.0. The number of nitrogens with zero attached hydrogens (tertiary/aromatic N) is 4. The van der Waals surface area contributed by atoms with Crippen LogP contribution in [-0.4, -0.2) is 31.1 Å². The van der Waals surface area contributed by atoms with Crippen LogP contribution in [0.2, 0.25) is 0 Å². The molecule has 2 aliphatic rings. The SMILES string of the molecule is CC(C)(C)c1cc(-c2c3nc(c(C=Nc4ccc([N+](=O)[O-])cc4)c4ccc([nH]4)c(-c4cc(C(C)(C)C)cc(C(C)(C)C)c4)c4nc(cc5ccc2[nH]5)C=C4)C=C3)cc(C(C)(C)C)c1. The number of H-pyrrole nitrogens is 2. The van der Waals surface area contributed by atoms with Gasteiger partial charge in [0.05, 0.1) is 33.4 Å². The van der Waals surface area contributed by atoms with Crippen molar-refractivity contribution in [3.05, 3.63) is 152 Å². The molecule has 0 aliphatic carbocycles. The van der Waals surface area contributed by atoms with Crippen molar-refractivity contribution < 1.29 is 4.92 Å². The van der Waals surface area contributed by atoms with Crippen LogP contribution in [0.15, 0.2) is 96.0 Å². The minimum Gasteiger partial charge on any atom is -0.355 e. The fraction of sp³-hybridized carbons (Fsp3) is 0.291. The lowest BCUT2D eigenvalue weighted by atomic mass is 9.78. The molecule has 8 rings (SSSR count). The van der Waals surface area contributed by atoms with E-state index >= 15 is 0 Å². The number of aromatic amines is 2. The van der Waals surface area contributed by atoms with Gasteiger partial charge in [0.15, 0.2) is 0 Å². The second kappa shape index (κ2) is 15.6. The summed E-state index contributed by atoms with van der Waals surface area (Å²) < 4.78 is 0. The Morgan fingerprint density at radius 3 is 1.51 bits per heavy atom. The normalized spacial score (nSPS) is 13.3. The highest BCUT2D eigenvalue weighted by atomic mass is 16.6. The maximum atomic E-state index is 11.5. The minimum atomic E-state index is -0.402. The van der Waals surface area contributed by atoms with E-state index in [1.807, 2.05) is 6.21 Å². The second-order valence-electron chi connectivity index (χ2n) is 21.0. The Hall–Kier alpha value is -6.67. The van der Waals surface area contributed by atoms with Gasteiger partial charge in [-0.1, -0.05) is 119 Å². The first-order valence-electron chi connectivity index (χ1n) is 21.8. The molecule has 2 N–H and O–H groups in total. The Balaban J connectivity index is 1.49. The van der Waals surface area contributed by atoms with Crippen LogP contribution in [-0.2, 0) is 21.7 Å². The van der Waals surface area contributed by atoms with Gasteiger partial charge in [-0.05, 0) is 122 Å². The number of fused-ring (bicyclic) bond motifs is 8. The summed E-state index contributed by atoms with van der Waals surface area (Å²) >= 11 is 0. The molecule has 0 radical (unpaired) electrons. The molecule has 8 bridgehead atoms. The van der Waals surface area contributed by atoms with Crippen molar-refractivity contribution in [2.75, 3.05) is 0 Å². The molecule has 0 atom stereocenters. The van der Waals surface area contributed by atoms with Crippen molar-refractivity contribution in [3.63, 3.8) is 0 Å². The van der Waals surface area contributed by atoms with Gasteiger partial charge in [0.2, 0.25) is 0 Å². The predicted octanol–water partition coefficient (Wildman–Crippen LogP) is 14.8. The van der Waals surface area contributed by atoms with Crippen molar-refractivity contribution >= 4 is 64.0 Å². The lowest BCUT2D eigenvalue weighted by Crippen LogP contribution is -2.16. The number of nitrogens with one attached hydrogen (secondary N) is 2. The average Bonchev–Trinajstić information content (AvgIpc) is 4.04. The molecular formula is C55H58N6O2. The number of hydrogen-bond donors (Lipinski definition) is 2. The predicted molar refractivity (Wildman–Crippen MR) is 265 cm³/mol. The number of aromatic nitrogens is 4. The molecule has 320 valence electrons. The van der Waals surface area contributed by atoms with Crippen LogP contribution in [0, 0.1) is 10.1 Å². The first-order chi connectivity index (χ1) is 29.5. The fourth-order valence-corrected chi connectivity index (χ4v) is 7.98. The monoisotopic (exact) mass is 834 g/mol. The van der Waals surface area contributed by atoms with Crippen LogP contribution in [0.3, 0.4) is 0 Å². The van der Waals surface area contributed by atoms with Gasteiger partial charge >= 0.3 is 0 Å². The standard InChI is InChI=1S/C55H58N6O2/c1-52(2,3)35-25-33(26-36(29-35)53(4,5)6)50-46-19-15-40(57-46)31-41-16-20-47(58-41)51(34-27-37(54(7,8)9)30-38(28-34)55(10,11)12)49-24-22-45(60-49)43(44-21-23-48(50)59-44)32-56-39-13-17-42(18-14-39)61(62)63/h13-32,57,60H,1-12H3. The Bertz CT molecular complexity index is 2920. The number of nitro benzene ring substituents is 1. The third kappa shape index (κ3) is 8.99. The summed E-state index contributed by atoms with van der Waals surface area (Å²) in [6, 6.07) is 30.7. The zero-order valence-electron chi connectivity index (χ0n) is 38.7. The molecule has 5 heterocycles. The fourth-order valence-electron chi connectivity index (χ4n) is 7.98. The Morgan fingerprint density at radius 1 is 0.524 bits per heavy atom. The number of non-ortho nitro benzene ring substituents is 1. The summed E-state index contributed by atoms with van der Waals surface area (Å²) in [4.78, 5) is 34.2. The first kappa shape index (κ1) is 43.0. The van der Waals surface area contributed by atoms with Gasteiger partial charge in [-0.3, -0.25) is 15.1 Å². The molecular weight excluding hydrogens is 777 g/mol. The largest absolute Gasteiger partial charge is 0.355 e. The van der Waals surface area contributed by atoms with E-state index in [9.17, 15) is 10.1 Å². The molecule has 0 fully saturated rings. The van der Waals surface area contributed by atoms with E-state index in [0.29, 0.717) is 5.69 Å². The van der Waals surface area contributed by atoms with Gasteiger partial charge in [0.1, 0.15) is 0 Å². The maximum absolute atomic E-state index is 11.5. The Labute approximate surface area is 371 Å². The van der Waals surface area contributed by atoms with Crippen molar-refractivity contribution in [3.8, 4) is 22.3 Å². The van der Waals surface area contributed by atoms with E-state index in [0.717, 1.165) is 72.7 Å². The number of benzene rings is 3. The number of nitro groups is 1. The zero-order chi connectivity index (χ0) is 45.2. The van der Waals surface area contributed by atoms with Gasteiger partial charge in [-0.15, -0.1) is 0 Å². The van der Waals surface area contributed by atoms with Crippen molar-refractivity contribution in [1.29, 1.82) is 0 Å². The van der Waals surface area contributed by atoms with E-state index in [4.69, 9.17) is 15.0 Å². The highest BCUT2D eigenvalue weighted by Crippen LogP contribution is 2.40. The summed E-state index contributed by atoms with van der Waals surface area (Å²) in [6.45, 7) is 27.1. The van der Waals surface area contributed by atoms with Crippen molar-refractivity contribution in [2.45, 2.75) is 105 Å². The lowest BCUT2D eigenvalue weighted by Gasteiger charge is -2.26. The molecule has 0 spiro atoms. The van der Waals surface area contributed by atoms with Crippen LogP contribution < -0.4 is 0 Å². The molecule has 63 heavy (non-hydrogen) atoms. The Kier molecular flexibility index (Phi) is 10.6. The first-order valence-corrected chi connectivity index (χ1v) is 21.8. The zero-order valence-corrected chi connectivity index (χ0v) is 38.7. The molecule has 8 nitrogen and oxygen atoms in total. The second-order valence-corrected chi connectivity index (χ2v) is 21.0. The van der Waals surface area contributed by atoms with E-state index < -0.39 is 4.92 Å². The Morgan fingerprint density at radius 2 is 0.984 bits per heavy atom. The van der Waals surface area contributed by atoms with E-state index in [2.05, 4.69) is 184 Å².